The predicted molar refractivity (Wildman–Crippen MR) is 118 cm³/mol. The topological polar surface area (TPSA) is 85.4 Å². The van der Waals surface area contributed by atoms with Crippen molar-refractivity contribution in [1.29, 1.82) is 0 Å². The Hall–Kier alpha value is -3.30. The molecule has 0 saturated carbocycles. The van der Waals surface area contributed by atoms with Gasteiger partial charge in [0.1, 0.15) is 18.2 Å². The third-order valence-corrected chi connectivity index (χ3v) is 6.49. The highest BCUT2D eigenvalue weighted by Crippen LogP contribution is 2.29. The molecule has 0 spiro atoms. The zero-order valence-corrected chi connectivity index (χ0v) is 18.0. The molecule has 1 amide bonds. The number of sulfone groups is 1. The second-order valence-corrected chi connectivity index (χ2v) is 9.83. The number of carbonyl (C=O) groups is 1. The number of carbonyl (C=O) groups excluding carboxylic acids is 1. The van der Waals surface area contributed by atoms with Gasteiger partial charge in [0.25, 0.3) is 5.91 Å². The molecule has 0 fully saturated rings. The molecule has 158 valence electrons. The minimum absolute atomic E-state index is 0.181. The van der Waals surface area contributed by atoms with Gasteiger partial charge in [-0.05, 0) is 48.0 Å². The summed E-state index contributed by atoms with van der Waals surface area (Å²) in [4.78, 5) is 17.4. The Morgan fingerprint density at radius 3 is 2.58 bits per heavy atom. The monoisotopic (exact) mass is 456 g/mol. The van der Waals surface area contributed by atoms with E-state index < -0.39 is 15.7 Å². The lowest BCUT2D eigenvalue weighted by atomic mass is 10.2. The molecule has 0 aliphatic carbocycles. The number of thiazole rings is 1. The first-order chi connectivity index (χ1) is 14.8. The molecule has 0 aliphatic rings. The first kappa shape index (κ1) is 21.0. The van der Waals surface area contributed by atoms with Crippen molar-refractivity contribution in [2.75, 3.05) is 11.6 Å². The van der Waals surface area contributed by atoms with E-state index in [9.17, 15) is 17.6 Å². The van der Waals surface area contributed by atoms with Gasteiger partial charge in [-0.2, -0.15) is 0 Å². The van der Waals surface area contributed by atoms with E-state index >= 15 is 0 Å². The molecule has 3 aromatic carbocycles. The maximum Gasteiger partial charge on any atom is 0.261 e. The number of nitrogens with one attached hydrogen (secondary N) is 1. The molecule has 4 rings (SSSR count). The molecule has 1 heterocycles. The summed E-state index contributed by atoms with van der Waals surface area (Å²) in [6.07, 6.45) is 1.14. The highest BCUT2D eigenvalue weighted by Gasteiger charge is 2.16. The summed E-state index contributed by atoms with van der Waals surface area (Å²) in [5.41, 5.74) is 1.68. The Balaban J connectivity index is 1.53. The number of amides is 1. The van der Waals surface area contributed by atoms with Crippen molar-refractivity contribution in [2.24, 2.45) is 0 Å². The van der Waals surface area contributed by atoms with Crippen LogP contribution in [0.4, 0.5) is 9.52 Å². The maximum absolute atomic E-state index is 13.1. The third kappa shape index (κ3) is 4.89. The quantitative estimate of drug-likeness (QED) is 0.456. The van der Waals surface area contributed by atoms with Gasteiger partial charge in [-0.1, -0.05) is 35.6 Å². The van der Waals surface area contributed by atoms with Gasteiger partial charge >= 0.3 is 0 Å². The zero-order chi connectivity index (χ0) is 22.0. The number of hydrogen-bond donors (Lipinski definition) is 1. The summed E-state index contributed by atoms with van der Waals surface area (Å²) in [7, 11) is -3.33. The van der Waals surface area contributed by atoms with Crippen LogP contribution in [0.15, 0.2) is 71.6 Å². The number of halogens is 1. The van der Waals surface area contributed by atoms with Crippen LogP contribution in [0.5, 0.6) is 5.75 Å². The summed E-state index contributed by atoms with van der Waals surface area (Å²) in [6.45, 7) is 0.181. The normalized spacial score (nSPS) is 11.4. The smallest absolute Gasteiger partial charge is 0.261 e. The van der Waals surface area contributed by atoms with Crippen molar-refractivity contribution >= 4 is 42.4 Å². The average molecular weight is 457 g/mol. The zero-order valence-electron chi connectivity index (χ0n) is 16.3. The number of hydrogen-bond acceptors (Lipinski definition) is 6. The van der Waals surface area contributed by atoms with Gasteiger partial charge in [-0.25, -0.2) is 17.8 Å². The Labute approximate surface area is 182 Å². The molecule has 1 N–H and O–H groups in total. The Morgan fingerprint density at radius 1 is 1.10 bits per heavy atom. The lowest BCUT2D eigenvalue weighted by Crippen LogP contribution is -2.13. The first-order valence-corrected chi connectivity index (χ1v) is 11.9. The number of rotatable bonds is 6. The number of para-hydroxylation sites is 1. The van der Waals surface area contributed by atoms with Crippen molar-refractivity contribution in [2.45, 2.75) is 11.5 Å². The molecule has 4 aromatic rings. The molecule has 0 radical (unpaired) electrons. The molecule has 0 bridgehead atoms. The van der Waals surface area contributed by atoms with Crippen LogP contribution in [-0.4, -0.2) is 25.6 Å². The fourth-order valence-corrected chi connectivity index (χ4v) is 4.50. The van der Waals surface area contributed by atoms with Crippen molar-refractivity contribution in [1.82, 2.24) is 4.98 Å². The molecule has 31 heavy (non-hydrogen) atoms. The molecular formula is C22H17FN2O4S2. The van der Waals surface area contributed by atoms with Gasteiger partial charge in [-0.15, -0.1) is 0 Å². The van der Waals surface area contributed by atoms with Gasteiger partial charge < -0.3 is 4.74 Å². The lowest BCUT2D eigenvalue weighted by molar-refractivity contribution is 0.102. The van der Waals surface area contributed by atoms with E-state index in [2.05, 4.69) is 10.3 Å². The van der Waals surface area contributed by atoms with E-state index in [-0.39, 0.29) is 17.3 Å². The first-order valence-electron chi connectivity index (χ1n) is 9.18. The van der Waals surface area contributed by atoms with Crippen LogP contribution >= 0.6 is 11.3 Å². The van der Waals surface area contributed by atoms with E-state index in [4.69, 9.17) is 4.74 Å². The van der Waals surface area contributed by atoms with Crippen molar-refractivity contribution in [3.63, 3.8) is 0 Å². The van der Waals surface area contributed by atoms with Crippen LogP contribution < -0.4 is 10.1 Å². The Kier molecular flexibility index (Phi) is 5.71. The second-order valence-electron chi connectivity index (χ2n) is 6.79. The van der Waals surface area contributed by atoms with Crippen LogP contribution in [0.25, 0.3) is 10.2 Å². The number of benzene rings is 3. The van der Waals surface area contributed by atoms with Gasteiger partial charge in [-0.3, -0.25) is 10.1 Å². The fraction of sp³-hybridized carbons (Fsp3) is 0.0909. The minimum atomic E-state index is -3.33. The fourth-order valence-electron chi connectivity index (χ4n) is 2.88. The lowest BCUT2D eigenvalue weighted by Gasteiger charge is -2.11. The Morgan fingerprint density at radius 2 is 1.84 bits per heavy atom. The molecule has 0 saturated heterocycles. The van der Waals surface area contributed by atoms with Crippen molar-refractivity contribution < 1.29 is 22.3 Å². The summed E-state index contributed by atoms with van der Waals surface area (Å²) in [5, 5.41) is 3.09. The van der Waals surface area contributed by atoms with Crippen molar-refractivity contribution in [3.05, 3.63) is 83.7 Å². The minimum Gasteiger partial charge on any atom is -0.488 e. The van der Waals surface area contributed by atoms with E-state index in [0.29, 0.717) is 26.7 Å². The van der Waals surface area contributed by atoms with E-state index in [1.54, 1.807) is 42.5 Å². The number of nitrogens with zero attached hydrogens (tertiary/aromatic N) is 1. The average Bonchev–Trinajstić information content (AvgIpc) is 3.14. The van der Waals surface area contributed by atoms with E-state index in [1.807, 2.05) is 0 Å². The van der Waals surface area contributed by atoms with Gasteiger partial charge in [0, 0.05) is 6.26 Å². The molecule has 9 heteroatoms. The number of aromatic nitrogens is 1. The van der Waals surface area contributed by atoms with Gasteiger partial charge in [0.15, 0.2) is 15.0 Å². The summed E-state index contributed by atoms with van der Waals surface area (Å²) < 4.78 is 43.0. The molecule has 1 aromatic heterocycles. The van der Waals surface area contributed by atoms with E-state index in [1.165, 1.54) is 35.6 Å². The molecule has 0 atom stereocenters. The third-order valence-electron chi connectivity index (χ3n) is 4.45. The highest BCUT2D eigenvalue weighted by molar-refractivity contribution is 7.90. The summed E-state index contributed by atoms with van der Waals surface area (Å²) in [6, 6.07) is 17.3. The number of fused-ring (bicyclic) bond motifs is 1. The van der Waals surface area contributed by atoms with Gasteiger partial charge in [0.2, 0.25) is 0 Å². The number of ether oxygens (including phenoxy) is 1. The van der Waals surface area contributed by atoms with Crippen LogP contribution in [0.2, 0.25) is 0 Å². The van der Waals surface area contributed by atoms with E-state index in [0.717, 1.165) is 11.8 Å². The Bertz CT molecular complexity index is 1370. The van der Waals surface area contributed by atoms with Crippen LogP contribution in [0, 0.1) is 5.82 Å². The van der Waals surface area contributed by atoms with Crippen LogP contribution in [0.3, 0.4) is 0 Å². The second kappa shape index (κ2) is 8.44. The predicted octanol–water partition coefficient (Wildman–Crippen LogP) is 4.67. The maximum atomic E-state index is 13.1. The van der Waals surface area contributed by atoms with Crippen LogP contribution in [-0.2, 0) is 16.4 Å². The van der Waals surface area contributed by atoms with Gasteiger partial charge in [0.05, 0.1) is 20.7 Å². The molecular weight excluding hydrogens is 439 g/mol. The SMILES string of the molecule is CS(=O)(=O)c1ccc2nc(NC(=O)c3ccccc3OCc3ccc(F)cc3)sc2c1. The summed E-state index contributed by atoms with van der Waals surface area (Å²) in [5.74, 6) is -0.357. The molecule has 6 nitrogen and oxygen atoms in total. The number of anilines is 1. The molecule has 0 aliphatic heterocycles. The standard InChI is InChI=1S/C22H17FN2O4S2/c1-31(27,28)16-10-11-18-20(12-16)30-22(24-18)25-21(26)17-4-2-3-5-19(17)29-13-14-6-8-15(23)9-7-14/h2-12H,13H2,1H3,(H,24,25,26). The largest absolute Gasteiger partial charge is 0.488 e. The van der Waals surface area contributed by atoms with Crippen molar-refractivity contribution in [3.8, 4) is 5.75 Å². The highest BCUT2D eigenvalue weighted by atomic mass is 32.2. The summed E-state index contributed by atoms with van der Waals surface area (Å²) >= 11 is 1.18. The molecule has 0 unspecified atom stereocenters. The van der Waals surface area contributed by atoms with Crippen LogP contribution in [0.1, 0.15) is 15.9 Å².